The van der Waals surface area contributed by atoms with E-state index in [0.717, 1.165) is 17.7 Å². The number of aryl methyl sites for hydroxylation is 1. The number of amides is 1. The van der Waals surface area contributed by atoms with Crippen LogP contribution in [-0.2, 0) is 11.3 Å². The first-order valence-corrected chi connectivity index (χ1v) is 6.12. The van der Waals surface area contributed by atoms with Crippen molar-refractivity contribution in [3.8, 4) is 0 Å². The third kappa shape index (κ3) is 3.34. The predicted octanol–water partition coefficient (Wildman–Crippen LogP) is 0.644. The van der Waals surface area contributed by atoms with Gasteiger partial charge in [-0.3, -0.25) is 9.78 Å². The van der Waals surface area contributed by atoms with Crippen LogP contribution < -0.4 is 5.32 Å². The van der Waals surface area contributed by atoms with Crippen molar-refractivity contribution in [2.75, 3.05) is 0 Å². The zero-order valence-electron chi connectivity index (χ0n) is 10.9. The predicted molar refractivity (Wildman–Crippen MR) is 68.0 cm³/mol. The molecule has 7 heteroatoms. The lowest BCUT2D eigenvalue weighted by Gasteiger charge is -2.18. The van der Waals surface area contributed by atoms with E-state index in [1.54, 1.807) is 6.20 Å². The second-order valence-corrected chi connectivity index (χ2v) is 4.24. The first-order valence-electron chi connectivity index (χ1n) is 6.12. The molecule has 0 unspecified atom stereocenters. The van der Waals surface area contributed by atoms with Gasteiger partial charge in [0.2, 0.25) is 5.91 Å². The van der Waals surface area contributed by atoms with Gasteiger partial charge in [0.25, 0.3) is 0 Å². The molecule has 1 amide bonds. The lowest BCUT2D eigenvalue weighted by atomic mass is 10.1. The number of hydrogen-bond donors (Lipinski definition) is 1. The zero-order chi connectivity index (χ0) is 13.7. The van der Waals surface area contributed by atoms with Crippen LogP contribution in [0.4, 0.5) is 0 Å². The molecule has 0 saturated carbocycles. The molecule has 2 heterocycles. The fourth-order valence-corrected chi connectivity index (χ4v) is 1.87. The van der Waals surface area contributed by atoms with Gasteiger partial charge in [0.1, 0.15) is 12.9 Å². The standard InChI is InChI=1S/C12H16N6O/c1-3-10(12-9(2)5-4-6-13-12)15-11(19)7-18-8-14-16-17-18/h4-6,8,10H,3,7H2,1-2H3,(H,15,19)/t10-/m1/s1. The van der Waals surface area contributed by atoms with Gasteiger partial charge < -0.3 is 5.32 Å². The Kier molecular flexibility index (Phi) is 4.17. The first-order chi connectivity index (χ1) is 9.20. The van der Waals surface area contributed by atoms with E-state index in [9.17, 15) is 4.79 Å². The highest BCUT2D eigenvalue weighted by Crippen LogP contribution is 2.17. The summed E-state index contributed by atoms with van der Waals surface area (Å²) in [4.78, 5) is 16.2. The van der Waals surface area contributed by atoms with E-state index >= 15 is 0 Å². The number of nitrogens with one attached hydrogen (secondary N) is 1. The summed E-state index contributed by atoms with van der Waals surface area (Å²) in [5.41, 5.74) is 1.96. The average molecular weight is 260 g/mol. The maximum atomic E-state index is 11.9. The van der Waals surface area contributed by atoms with Crippen molar-refractivity contribution in [3.63, 3.8) is 0 Å². The summed E-state index contributed by atoms with van der Waals surface area (Å²) in [7, 11) is 0. The van der Waals surface area contributed by atoms with Crippen molar-refractivity contribution in [1.29, 1.82) is 0 Å². The molecule has 2 aromatic rings. The molecule has 0 saturated heterocycles. The quantitative estimate of drug-likeness (QED) is 0.852. The number of carbonyl (C=O) groups excluding carboxylic acids is 1. The number of aromatic nitrogens is 5. The van der Waals surface area contributed by atoms with E-state index in [1.165, 1.54) is 11.0 Å². The lowest BCUT2D eigenvalue weighted by Crippen LogP contribution is -2.32. The van der Waals surface area contributed by atoms with E-state index in [2.05, 4.69) is 25.8 Å². The molecule has 0 aliphatic rings. The van der Waals surface area contributed by atoms with Crippen LogP contribution in [0.15, 0.2) is 24.7 Å². The summed E-state index contributed by atoms with van der Waals surface area (Å²) < 4.78 is 1.38. The van der Waals surface area contributed by atoms with Crippen LogP contribution in [0.5, 0.6) is 0 Å². The highest BCUT2D eigenvalue weighted by atomic mass is 16.2. The first kappa shape index (κ1) is 13.1. The fourth-order valence-electron chi connectivity index (χ4n) is 1.87. The maximum Gasteiger partial charge on any atom is 0.242 e. The van der Waals surface area contributed by atoms with Crippen molar-refractivity contribution < 1.29 is 4.79 Å². The van der Waals surface area contributed by atoms with Gasteiger partial charge in [0.15, 0.2) is 0 Å². The Hall–Kier alpha value is -2.31. The molecular formula is C12H16N6O. The third-order valence-electron chi connectivity index (χ3n) is 2.82. The molecule has 0 fully saturated rings. The number of carbonyl (C=O) groups is 1. The highest BCUT2D eigenvalue weighted by Gasteiger charge is 2.16. The Balaban J connectivity index is 2.03. The SMILES string of the molecule is CC[C@@H](NC(=O)Cn1cnnn1)c1ncccc1C. The summed E-state index contributed by atoms with van der Waals surface area (Å²) >= 11 is 0. The zero-order valence-corrected chi connectivity index (χ0v) is 10.9. The molecule has 1 N–H and O–H groups in total. The summed E-state index contributed by atoms with van der Waals surface area (Å²) in [6.45, 7) is 4.10. The number of pyridine rings is 1. The van der Waals surface area contributed by atoms with Crippen LogP contribution >= 0.6 is 0 Å². The molecule has 0 aliphatic heterocycles. The van der Waals surface area contributed by atoms with Gasteiger partial charge in [-0.2, -0.15) is 0 Å². The Morgan fingerprint density at radius 3 is 3.00 bits per heavy atom. The third-order valence-corrected chi connectivity index (χ3v) is 2.82. The van der Waals surface area contributed by atoms with Crippen molar-refractivity contribution in [3.05, 3.63) is 35.9 Å². The largest absolute Gasteiger partial charge is 0.346 e. The maximum absolute atomic E-state index is 11.9. The molecule has 0 bridgehead atoms. The molecule has 100 valence electrons. The Morgan fingerprint density at radius 2 is 2.37 bits per heavy atom. The Labute approximate surface area is 111 Å². The molecule has 0 radical (unpaired) electrons. The van der Waals surface area contributed by atoms with Crippen LogP contribution in [0.25, 0.3) is 0 Å². The summed E-state index contributed by atoms with van der Waals surface area (Å²) in [6, 6.07) is 3.78. The topological polar surface area (TPSA) is 85.6 Å². The smallest absolute Gasteiger partial charge is 0.242 e. The van der Waals surface area contributed by atoms with Crippen LogP contribution in [0.2, 0.25) is 0 Å². The molecule has 0 spiro atoms. The van der Waals surface area contributed by atoms with E-state index in [4.69, 9.17) is 0 Å². The van der Waals surface area contributed by atoms with Crippen molar-refractivity contribution in [2.24, 2.45) is 0 Å². The molecule has 0 aliphatic carbocycles. The van der Waals surface area contributed by atoms with E-state index in [-0.39, 0.29) is 18.5 Å². The van der Waals surface area contributed by atoms with Crippen LogP contribution in [-0.4, -0.2) is 31.1 Å². The van der Waals surface area contributed by atoms with Crippen LogP contribution in [0.3, 0.4) is 0 Å². The van der Waals surface area contributed by atoms with Gasteiger partial charge in [-0.05, 0) is 35.4 Å². The molecule has 2 aromatic heterocycles. The van der Waals surface area contributed by atoms with Crippen LogP contribution in [0, 0.1) is 6.92 Å². The molecule has 7 nitrogen and oxygen atoms in total. The summed E-state index contributed by atoms with van der Waals surface area (Å²) in [5.74, 6) is -0.135. The Morgan fingerprint density at radius 1 is 1.53 bits per heavy atom. The van der Waals surface area contributed by atoms with Crippen LogP contribution in [0.1, 0.15) is 30.6 Å². The highest BCUT2D eigenvalue weighted by molar-refractivity contribution is 5.76. The lowest BCUT2D eigenvalue weighted by molar-refractivity contribution is -0.122. The minimum Gasteiger partial charge on any atom is -0.346 e. The molecule has 19 heavy (non-hydrogen) atoms. The number of nitrogens with zero attached hydrogens (tertiary/aromatic N) is 5. The minimum atomic E-state index is -0.135. The summed E-state index contributed by atoms with van der Waals surface area (Å²) in [5, 5.41) is 13.6. The van der Waals surface area contributed by atoms with Crippen molar-refractivity contribution in [2.45, 2.75) is 32.9 Å². The number of tetrazole rings is 1. The normalized spacial score (nSPS) is 12.1. The number of rotatable bonds is 5. The molecule has 2 rings (SSSR count). The number of hydrogen-bond acceptors (Lipinski definition) is 5. The van der Waals surface area contributed by atoms with E-state index in [0.29, 0.717) is 0 Å². The van der Waals surface area contributed by atoms with Gasteiger partial charge in [-0.1, -0.05) is 13.0 Å². The van der Waals surface area contributed by atoms with Gasteiger partial charge in [-0.15, -0.1) is 5.10 Å². The molecule has 1 atom stereocenters. The van der Waals surface area contributed by atoms with Gasteiger partial charge in [0, 0.05) is 6.20 Å². The van der Waals surface area contributed by atoms with Crippen molar-refractivity contribution >= 4 is 5.91 Å². The van der Waals surface area contributed by atoms with Gasteiger partial charge in [-0.25, -0.2) is 4.68 Å². The van der Waals surface area contributed by atoms with Gasteiger partial charge >= 0.3 is 0 Å². The average Bonchev–Trinajstić information content (AvgIpc) is 2.89. The van der Waals surface area contributed by atoms with E-state index < -0.39 is 0 Å². The van der Waals surface area contributed by atoms with Gasteiger partial charge in [0.05, 0.1) is 11.7 Å². The summed E-state index contributed by atoms with van der Waals surface area (Å²) in [6.07, 6.45) is 3.92. The second-order valence-electron chi connectivity index (χ2n) is 4.24. The minimum absolute atomic E-state index is 0.0924. The fraction of sp³-hybridized carbons (Fsp3) is 0.417. The second kappa shape index (κ2) is 6.03. The molecular weight excluding hydrogens is 244 g/mol. The van der Waals surface area contributed by atoms with Crippen molar-refractivity contribution in [1.82, 2.24) is 30.5 Å². The monoisotopic (exact) mass is 260 g/mol. The molecule has 0 aromatic carbocycles. The van der Waals surface area contributed by atoms with E-state index in [1.807, 2.05) is 26.0 Å². The Bertz CT molecular complexity index is 539.